The third-order valence-electron chi connectivity index (χ3n) is 4.93. The minimum absolute atomic E-state index is 0.142. The summed E-state index contributed by atoms with van der Waals surface area (Å²) in [5, 5.41) is 3.10. The molecule has 1 fully saturated rings. The summed E-state index contributed by atoms with van der Waals surface area (Å²) >= 11 is 3.50. The highest BCUT2D eigenvalue weighted by Gasteiger charge is 2.50. The number of anilines is 1. The molecule has 2 aliphatic heterocycles. The Bertz CT molecular complexity index is 886. The van der Waals surface area contributed by atoms with Crippen molar-refractivity contribution >= 4 is 27.6 Å². The molecule has 2 aromatic rings. The molecule has 2 heterocycles. The minimum Gasteiger partial charge on any atom is -0.494 e. The number of methoxy groups -OCH3 is 1. The van der Waals surface area contributed by atoms with Crippen molar-refractivity contribution in [2.75, 3.05) is 18.6 Å². The smallest absolute Gasteiger partial charge is 0.325 e. The molecule has 2 aliphatic rings. The second-order valence-corrected chi connectivity index (χ2v) is 7.69. The third kappa shape index (κ3) is 3.00. The van der Waals surface area contributed by atoms with E-state index in [0.29, 0.717) is 24.5 Å². The Labute approximate surface area is 166 Å². The lowest BCUT2D eigenvalue weighted by atomic mass is 9.90. The van der Waals surface area contributed by atoms with Gasteiger partial charge in [0.2, 0.25) is 0 Å². The molecule has 27 heavy (non-hydrogen) atoms. The largest absolute Gasteiger partial charge is 0.494 e. The summed E-state index contributed by atoms with van der Waals surface area (Å²) < 4.78 is 18.3. The van der Waals surface area contributed by atoms with Gasteiger partial charge < -0.3 is 19.5 Å². The van der Waals surface area contributed by atoms with Crippen LogP contribution < -0.4 is 24.4 Å². The maximum absolute atomic E-state index is 12.9. The first-order valence-electron chi connectivity index (χ1n) is 8.85. The van der Waals surface area contributed by atoms with Gasteiger partial charge in [0.15, 0.2) is 17.2 Å². The fraction of sp³-hybridized carbons (Fsp3) is 0.350. The van der Waals surface area contributed by atoms with Crippen molar-refractivity contribution in [1.82, 2.24) is 5.32 Å². The number of benzene rings is 2. The molecule has 6 nitrogen and oxygen atoms in total. The highest BCUT2D eigenvalue weighted by molar-refractivity contribution is 9.10. The van der Waals surface area contributed by atoms with Gasteiger partial charge in [-0.25, -0.2) is 4.79 Å². The van der Waals surface area contributed by atoms with E-state index in [4.69, 9.17) is 14.2 Å². The number of fused-ring (bicyclic) bond motifs is 4. The fourth-order valence-electron chi connectivity index (χ4n) is 3.80. The molecule has 0 saturated carbocycles. The van der Waals surface area contributed by atoms with Crippen LogP contribution in [0.15, 0.2) is 40.9 Å². The Morgan fingerprint density at radius 2 is 2.07 bits per heavy atom. The molecule has 1 saturated heterocycles. The van der Waals surface area contributed by atoms with E-state index in [1.54, 1.807) is 12.0 Å². The maximum Gasteiger partial charge on any atom is 0.325 e. The van der Waals surface area contributed by atoms with Crippen LogP contribution in [0.25, 0.3) is 0 Å². The van der Waals surface area contributed by atoms with Gasteiger partial charge in [-0.15, -0.1) is 0 Å². The highest BCUT2D eigenvalue weighted by atomic mass is 79.9. The molecular weight excluding hydrogens is 412 g/mol. The Kier molecular flexibility index (Phi) is 4.42. The number of carbonyl (C=O) groups excluding carboxylic acids is 1. The first kappa shape index (κ1) is 18.0. The van der Waals surface area contributed by atoms with Crippen LogP contribution >= 0.6 is 15.9 Å². The first-order chi connectivity index (χ1) is 12.9. The van der Waals surface area contributed by atoms with Gasteiger partial charge in [-0.2, -0.15) is 0 Å². The second kappa shape index (κ2) is 6.64. The number of nitrogens with zero attached hydrogens (tertiary/aromatic N) is 1. The van der Waals surface area contributed by atoms with E-state index >= 15 is 0 Å². The number of hydrogen-bond acceptors (Lipinski definition) is 4. The molecule has 4 rings (SSSR count). The van der Waals surface area contributed by atoms with Gasteiger partial charge in [-0.05, 0) is 50.2 Å². The molecule has 0 unspecified atom stereocenters. The Hall–Kier alpha value is -2.41. The number of halogens is 1. The Balaban J connectivity index is 1.75. The lowest BCUT2D eigenvalue weighted by Crippen LogP contribution is -2.65. The van der Waals surface area contributed by atoms with Crippen LogP contribution in [0.3, 0.4) is 0 Å². The van der Waals surface area contributed by atoms with Crippen LogP contribution in [0.4, 0.5) is 10.5 Å². The molecule has 0 aromatic heterocycles. The number of hydrogen-bond donors (Lipinski definition) is 1. The van der Waals surface area contributed by atoms with Crippen molar-refractivity contribution in [3.8, 4) is 17.2 Å². The number of ether oxygens (including phenoxy) is 3. The topological polar surface area (TPSA) is 60.0 Å². The minimum atomic E-state index is -0.825. The third-order valence-corrected chi connectivity index (χ3v) is 5.39. The number of amides is 2. The fourth-order valence-corrected chi connectivity index (χ4v) is 4.26. The molecule has 0 spiro atoms. The van der Waals surface area contributed by atoms with Crippen molar-refractivity contribution in [2.24, 2.45) is 0 Å². The average molecular weight is 433 g/mol. The van der Waals surface area contributed by atoms with E-state index in [0.717, 1.165) is 21.5 Å². The number of nitrogens with one attached hydrogen (secondary N) is 1. The summed E-state index contributed by atoms with van der Waals surface area (Å²) in [6.45, 7) is 4.46. The van der Waals surface area contributed by atoms with Gasteiger partial charge in [-0.1, -0.05) is 15.9 Å². The summed E-state index contributed by atoms with van der Waals surface area (Å²) in [6.07, 6.45) is 0.624. The van der Waals surface area contributed by atoms with E-state index in [9.17, 15) is 4.79 Å². The number of carbonyl (C=O) groups is 1. The maximum atomic E-state index is 12.9. The summed E-state index contributed by atoms with van der Waals surface area (Å²) in [6, 6.07) is 11.0. The van der Waals surface area contributed by atoms with Crippen molar-refractivity contribution in [1.29, 1.82) is 0 Å². The van der Waals surface area contributed by atoms with Gasteiger partial charge in [-0.3, -0.25) is 4.90 Å². The molecule has 2 aromatic carbocycles. The van der Waals surface area contributed by atoms with E-state index in [-0.39, 0.29) is 12.1 Å². The monoisotopic (exact) mass is 432 g/mol. The van der Waals surface area contributed by atoms with Gasteiger partial charge in [0.05, 0.1) is 19.8 Å². The molecule has 0 radical (unpaired) electrons. The predicted molar refractivity (Wildman–Crippen MR) is 106 cm³/mol. The normalized spacial score (nSPS) is 23.2. The zero-order chi connectivity index (χ0) is 19.2. The first-order valence-corrected chi connectivity index (χ1v) is 9.64. The van der Waals surface area contributed by atoms with Gasteiger partial charge >= 0.3 is 6.03 Å². The lowest BCUT2D eigenvalue weighted by molar-refractivity contribution is 0.0349. The molecule has 2 bridgehead atoms. The van der Waals surface area contributed by atoms with Crippen LogP contribution in [-0.2, 0) is 0 Å². The van der Waals surface area contributed by atoms with Crippen LogP contribution in [-0.4, -0.2) is 25.5 Å². The average Bonchev–Trinajstić information content (AvgIpc) is 2.63. The Morgan fingerprint density at radius 3 is 2.74 bits per heavy atom. The Morgan fingerprint density at radius 1 is 1.33 bits per heavy atom. The van der Waals surface area contributed by atoms with E-state index in [2.05, 4.69) is 21.2 Å². The lowest BCUT2D eigenvalue weighted by Gasteiger charge is -2.50. The van der Waals surface area contributed by atoms with Crippen LogP contribution in [0.2, 0.25) is 0 Å². The SMILES string of the molecule is CCOc1ccc(N2C(=O)N[C@H]3C[C@@]2(C)Oc2c(OC)cc(Br)cc23)cc1. The summed E-state index contributed by atoms with van der Waals surface area (Å²) in [7, 11) is 1.61. The van der Waals surface area contributed by atoms with Crippen molar-refractivity contribution in [3.05, 3.63) is 46.4 Å². The molecule has 0 aliphatic carbocycles. The molecule has 1 N–H and O–H groups in total. The van der Waals surface area contributed by atoms with Crippen LogP contribution in [0.1, 0.15) is 31.9 Å². The number of urea groups is 1. The standard InChI is InChI=1S/C20H21BrN2O4/c1-4-26-14-7-5-13(6-8-14)23-19(24)22-16-11-20(23,2)27-18-15(16)9-12(21)10-17(18)25-3/h5-10,16H,4,11H2,1-3H3,(H,22,24)/t16-,20+/m0/s1. The van der Waals surface area contributed by atoms with E-state index < -0.39 is 5.72 Å². The second-order valence-electron chi connectivity index (χ2n) is 6.77. The molecule has 2 amide bonds. The van der Waals surface area contributed by atoms with Crippen LogP contribution in [0.5, 0.6) is 17.2 Å². The summed E-state index contributed by atoms with van der Waals surface area (Å²) in [5.41, 5.74) is 0.837. The van der Waals surface area contributed by atoms with Gasteiger partial charge in [0.25, 0.3) is 0 Å². The van der Waals surface area contributed by atoms with Crippen LogP contribution in [0, 0.1) is 0 Å². The molecule has 2 atom stereocenters. The van der Waals surface area contributed by atoms with Gasteiger partial charge in [0.1, 0.15) is 5.75 Å². The summed E-state index contributed by atoms with van der Waals surface area (Å²) in [4.78, 5) is 14.6. The zero-order valence-corrected chi connectivity index (χ0v) is 17.0. The highest BCUT2D eigenvalue weighted by Crippen LogP contribution is 2.50. The molecule has 142 valence electrons. The molecular formula is C20H21BrN2O4. The summed E-state index contributed by atoms with van der Waals surface area (Å²) in [5.74, 6) is 2.07. The zero-order valence-electron chi connectivity index (χ0n) is 15.4. The molecule has 7 heteroatoms. The van der Waals surface area contributed by atoms with Crippen molar-refractivity contribution < 1.29 is 19.0 Å². The van der Waals surface area contributed by atoms with E-state index in [1.165, 1.54) is 0 Å². The van der Waals surface area contributed by atoms with Crippen molar-refractivity contribution in [2.45, 2.75) is 32.0 Å². The quantitative estimate of drug-likeness (QED) is 0.764. The predicted octanol–water partition coefficient (Wildman–Crippen LogP) is 4.63. The van der Waals surface area contributed by atoms with Crippen molar-refractivity contribution in [3.63, 3.8) is 0 Å². The number of rotatable bonds is 4. The van der Waals surface area contributed by atoms with E-state index in [1.807, 2.05) is 50.2 Å². The van der Waals surface area contributed by atoms with Gasteiger partial charge in [0, 0.05) is 22.1 Å².